The predicted molar refractivity (Wildman–Crippen MR) is 60.3 cm³/mol. The van der Waals surface area contributed by atoms with E-state index in [0.717, 1.165) is 6.42 Å². The fourth-order valence-electron chi connectivity index (χ4n) is 1.32. The molecule has 1 aromatic rings. The molecule has 16 heavy (non-hydrogen) atoms. The van der Waals surface area contributed by atoms with Crippen molar-refractivity contribution in [2.45, 2.75) is 36.2 Å². The fourth-order valence-corrected chi connectivity index (χ4v) is 2.00. The summed E-state index contributed by atoms with van der Waals surface area (Å²) < 4.78 is 36.8. The first-order valence-electron chi connectivity index (χ1n) is 5.01. The average Bonchev–Trinajstić information content (AvgIpc) is 2.18. The maximum absolute atomic E-state index is 12.3. The van der Waals surface area contributed by atoms with Gasteiger partial charge in [0.25, 0.3) is 0 Å². The van der Waals surface area contributed by atoms with Crippen molar-refractivity contribution in [1.82, 2.24) is 0 Å². The van der Waals surface area contributed by atoms with Crippen molar-refractivity contribution in [1.29, 1.82) is 0 Å². The van der Waals surface area contributed by atoms with Crippen molar-refractivity contribution in [3.8, 4) is 0 Å². The molecule has 0 heterocycles. The van der Waals surface area contributed by atoms with Gasteiger partial charge in [-0.1, -0.05) is 25.1 Å². The number of alkyl halides is 3. The van der Waals surface area contributed by atoms with E-state index in [1.165, 1.54) is 6.07 Å². The van der Waals surface area contributed by atoms with Crippen LogP contribution in [0.4, 0.5) is 13.2 Å². The number of halogens is 3. The predicted octanol–water partition coefficient (Wildman–Crippen LogP) is 3.58. The first-order valence-corrected chi connectivity index (χ1v) is 5.83. The van der Waals surface area contributed by atoms with E-state index in [4.69, 9.17) is 5.73 Å². The van der Waals surface area contributed by atoms with Crippen LogP contribution in [-0.4, -0.2) is 11.6 Å². The summed E-state index contributed by atoms with van der Waals surface area (Å²) in [6.07, 6.45) is 1.24. The standard InChI is InChI=1S/C11H14F3NS/c1-2-9(15)7-8-5-3-4-6-10(8)16-11(12,13)14/h3-6,9H,2,7,15H2,1H3. The quantitative estimate of drug-likeness (QED) is 0.825. The summed E-state index contributed by atoms with van der Waals surface area (Å²) in [4.78, 5) is 0.249. The summed E-state index contributed by atoms with van der Waals surface area (Å²) in [5.74, 6) is 0. The summed E-state index contributed by atoms with van der Waals surface area (Å²) >= 11 is -0.0757. The van der Waals surface area contributed by atoms with Gasteiger partial charge in [-0.05, 0) is 36.2 Å². The highest BCUT2D eigenvalue weighted by molar-refractivity contribution is 8.00. The summed E-state index contributed by atoms with van der Waals surface area (Å²) in [5, 5.41) is 0. The van der Waals surface area contributed by atoms with E-state index in [2.05, 4.69) is 0 Å². The molecule has 0 aliphatic heterocycles. The number of rotatable bonds is 4. The molecular formula is C11H14F3NS. The zero-order chi connectivity index (χ0) is 12.2. The zero-order valence-corrected chi connectivity index (χ0v) is 9.74. The molecule has 0 aliphatic carbocycles. The molecule has 2 N–H and O–H groups in total. The minimum absolute atomic E-state index is 0.0757. The SMILES string of the molecule is CCC(N)Cc1ccccc1SC(F)(F)F. The second kappa shape index (κ2) is 5.59. The van der Waals surface area contributed by atoms with E-state index >= 15 is 0 Å². The van der Waals surface area contributed by atoms with Crippen LogP contribution < -0.4 is 5.73 Å². The molecule has 0 bridgehead atoms. The molecule has 0 aliphatic rings. The topological polar surface area (TPSA) is 26.0 Å². The maximum atomic E-state index is 12.3. The van der Waals surface area contributed by atoms with Crippen LogP contribution in [0.1, 0.15) is 18.9 Å². The third kappa shape index (κ3) is 4.45. The summed E-state index contributed by atoms with van der Waals surface area (Å²) in [7, 11) is 0. The van der Waals surface area contributed by atoms with E-state index < -0.39 is 5.51 Å². The molecule has 0 spiro atoms. The zero-order valence-electron chi connectivity index (χ0n) is 8.92. The van der Waals surface area contributed by atoms with Gasteiger partial charge >= 0.3 is 5.51 Å². The fraction of sp³-hybridized carbons (Fsp3) is 0.455. The van der Waals surface area contributed by atoms with Crippen LogP contribution in [0, 0.1) is 0 Å². The second-order valence-electron chi connectivity index (χ2n) is 3.53. The Morgan fingerprint density at radius 2 is 1.94 bits per heavy atom. The van der Waals surface area contributed by atoms with Crippen LogP contribution >= 0.6 is 11.8 Å². The Labute approximate surface area is 97.2 Å². The van der Waals surface area contributed by atoms with Gasteiger partial charge in [-0.15, -0.1) is 0 Å². The molecule has 5 heteroatoms. The Bertz CT molecular complexity index is 338. The van der Waals surface area contributed by atoms with Crippen LogP contribution in [0.2, 0.25) is 0 Å². The van der Waals surface area contributed by atoms with Crippen LogP contribution in [0.25, 0.3) is 0 Å². The Balaban J connectivity index is 2.83. The largest absolute Gasteiger partial charge is 0.446 e. The molecule has 1 unspecified atom stereocenters. The Hall–Kier alpha value is -0.680. The summed E-state index contributed by atoms with van der Waals surface area (Å²) in [6.45, 7) is 1.92. The number of thioether (sulfide) groups is 1. The van der Waals surface area contributed by atoms with Crippen molar-refractivity contribution in [3.63, 3.8) is 0 Å². The van der Waals surface area contributed by atoms with E-state index in [9.17, 15) is 13.2 Å². The van der Waals surface area contributed by atoms with Gasteiger partial charge in [0.15, 0.2) is 0 Å². The van der Waals surface area contributed by atoms with Gasteiger partial charge in [-0.3, -0.25) is 0 Å². The molecule has 1 rings (SSSR count). The number of benzene rings is 1. The number of hydrogen-bond acceptors (Lipinski definition) is 2. The first kappa shape index (κ1) is 13.4. The van der Waals surface area contributed by atoms with Gasteiger partial charge < -0.3 is 5.73 Å². The highest BCUT2D eigenvalue weighted by atomic mass is 32.2. The van der Waals surface area contributed by atoms with Crippen LogP contribution in [0.15, 0.2) is 29.2 Å². The van der Waals surface area contributed by atoms with E-state index in [1.54, 1.807) is 18.2 Å². The smallest absolute Gasteiger partial charge is 0.327 e. The van der Waals surface area contributed by atoms with Gasteiger partial charge in [-0.25, -0.2) is 0 Å². The molecule has 1 aromatic carbocycles. The lowest BCUT2D eigenvalue weighted by Gasteiger charge is -2.13. The van der Waals surface area contributed by atoms with Crippen molar-refractivity contribution in [2.75, 3.05) is 0 Å². The lowest BCUT2D eigenvalue weighted by molar-refractivity contribution is -0.0328. The van der Waals surface area contributed by atoms with Crippen molar-refractivity contribution < 1.29 is 13.2 Å². The molecule has 0 fully saturated rings. The highest BCUT2D eigenvalue weighted by Crippen LogP contribution is 2.38. The van der Waals surface area contributed by atoms with Crippen molar-refractivity contribution >= 4 is 11.8 Å². The van der Waals surface area contributed by atoms with Gasteiger partial charge in [-0.2, -0.15) is 13.2 Å². The minimum atomic E-state index is -4.24. The minimum Gasteiger partial charge on any atom is -0.327 e. The molecule has 90 valence electrons. The molecule has 0 saturated carbocycles. The van der Waals surface area contributed by atoms with E-state index in [-0.39, 0.29) is 22.7 Å². The molecule has 1 nitrogen and oxygen atoms in total. The van der Waals surface area contributed by atoms with Gasteiger partial charge in [0, 0.05) is 10.9 Å². The number of nitrogens with two attached hydrogens (primary N) is 1. The average molecular weight is 249 g/mol. The van der Waals surface area contributed by atoms with E-state index in [0.29, 0.717) is 12.0 Å². The van der Waals surface area contributed by atoms with Gasteiger partial charge in [0.1, 0.15) is 0 Å². The summed E-state index contributed by atoms with van der Waals surface area (Å²) in [5.41, 5.74) is 2.17. The molecule has 0 amide bonds. The maximum Gasteiger partial charge on any atom is 0.446 e. The normalized spacial score (nSPS) is 13.8. The van der Waals surface area contributed by atoms with Gasteiger partial charge in [0.2, 0.25) is 0 Å². The van der Waals surface area contributed by atoms with Gasteiger partial charge in [0.05, 0.1) is 0 Å². The molecule has 0 saturated heterocycles. The lowest BCUT2D eigenvalue weighted by Crippen LogP contribution is -2.21. The molecular weight excluding hydrogens is 235 g/mol. The Morgan fingerprint density at radius 3 is 2.50 bits per heavy atom. The van der Waals surface area contributed by atoms with E-state index in [1.807, 2.05) is 6.92 Å². The molecule has 0 aromatic heterocycles. The van der Waals surface area contributed by atoms with Crippen LogP contribution in [-0.2, 0) is 6.42 Å². The van der Waals surface area contributed by atoms with Crippen molar-refractivity contribution in [3.05, 3.63) is 29.8 Å². The Morgan fingerprint density at radius 1 is 1.31 bits per heavy atom. The lowest BCUT2D eigenvalue weighted by atomic mass is 10.1. The third-order valence-corrected chi connectivity index (χ3v) is 3.05. The number of hydrogen-bond donors (Lipinski definition) is 1. The summed E-state index contributed by atoms with van der Waals surface area (Å²) in [6, 6.07) is 6.43. The third-order valence-electron chi connectivity index (χ3n) is 2.20. The first-order chi connectivity index (χ1) is 7.42. The van der Waals surface area contributed by atoms with Crippen LogP contribution in [0.5, 0.6) is 0 Å². The Kier molecular flexibility index (Phi) is 4.68. The molecule has 0 radical (unpaired) electrons. The molecule has 1 atom stereocenters. The second-order valence-corrected chi connectivity index (χ2v) is 4.63. The highest BCUT2D eigenvalue weighted by Gasteiger charge is 2.30. The van der Waals surface area contributed by atoms with Crippen LogP contribution in [0.3, 0.4) is 0 Å². The monoisotopic (exact) mass is 249 g/mol. The van der Waals surface area contributed by atoms with Crippen molar-refractivity contribution in [2.24, 2.45) is 5.73 Å².